The highest BCUT2D eigenvalue weighted by Gasteiger charge is 2.24. The van der Waals surface area contributed by atoms with Gasteiger partial charge in [-0.1, -0.05) is 12.1 Å². The number of aromatic amines is 1. The minimum Gasteiger partial charge on any atom is -0.379 e. The summed E-state index contributed by atoms with van der Waals surface area (Å²) in [7, 11) is -3.57. The Bertz CT molecular complexity index is 978. The van der Waals surface area contributed by atoms with E-state index in [-0.39, 0.29) is 0 Å². The Morgan fingerprint density at radius 3 is 2.60 bits per heavy atom. The molecule has 3 aromatic rings. The molecule has 1 aromatic carbocycles. The third-order valence-corrected chi connectivity index (χ3v) is 5.61. The zero-order valence-electron chi connectivity index (χ0n) is 13.3. The fourth-order valence-corrected chi connectivity index (χ4v) is 3.99. The molecule has 0 spiro atoms. The zero-order chi connectivity index (χ0) is 17.3. The molecule has 25 heavy (non-hydrogen) atoms. The lowest BCUT2D eigenvalue weighted by molar-refractivity contribution is 0.0733. The first-order valence-electron chi connectivity index (χ1n) is 7.88. The second-order valence-electron chi connectivity index (χ2n) is 5.66. The van der Waals surface area contributed by atoms with Gasteiger partial charge in [-0.05, 0) is 18.2 Å². The Hall–Kier alpha value is -2.49. The maximum Gasteiger partial charge on any atom is 0.301 e. The van der Waals surface area contributed by atoms with Crippen molar-refractivity contribution in [2.75, 3.05) is 31.0 Å². The molecule has 8 nitrogen and oxygen atoms in total. The van der Waals surface area contributed by atoms with Crippen molar-refractivity contribution in [3.63, 3.8) is 0 Å². The molecule has 0 radical (unpaired) electrons. The standard InChI is InChI=1S/C16H17N5O3S/c22-25(23,21-7-9-24-10-8-21)20-13-3-1-12(2-4-13)15-14-5-6-17-16(14)19-11-18-15/h1-6,11,20H,7-10H2,(H,17,18,19). The number of nitrogens with zero attached hydrogens (tertiary/aromatic N) is 3. The highest BCUT2D eigenvalue weighted by Crippen LogP contribution is 2.26. The van der Waals surface area contributed by atoms with Crippen LogP contribution >= 0.6 is 0 Å². The van der Waals surface area contributed by atoms with Crippen molar-refractivity contribution in [1.82, 2.24) is 19.3 Å². The van der Waals surface area contributed by atoms with E-state index in [2.05, 4.69) is 19.7 Å². The fraction of sp³-hybridized carbons (Fsp3) is 0.250. The predicted molar refractivity (Wildman–Crippen MR) is 94.3 cm³/mol. The molecular formula is C16H17N5O3S. The van der Waals surface area contributed by atoms with E-state index in [9.17, 15) is 8.42 Å². The molecule has 1 fully saturated rings. The Balaban J connectivity index is 1.57. The lowest BCUT2D eigenvalue weighted by Crippen LogP contribution is -2.43. The van der Waals surface area contributed by atoms with Gasteiger partial charge >= 0.3 is 10.2 Å². The van der Waals surface area contributed by atoms with Crippen molar-refractivity contribution in [2.24, 2.45) is 0 Å². The van der Waals surface area contributed by atoms with Crippen molar-refractivity contribution in [3.05, 3.63) is 42.9 Å². The summed E-state index contributed by atoms with van der Waals surface area (Å²) in [5.74, 6) is 0. The van der Waals surface area contributed by atoms with Crippen molar-refractivity contribution >= 4 is 26.9 Å². The minimum absolute atomic E-state index is 0.361. The molecule has 0 aliphatic carbocycles. The lowest BCUT2D eigenvalue weighted by atomic mass is 10.1. The van der Waals surface area contributed by atoms with Gasteiger partial charge in [0, 0.05) is 35.9 Å². The van der Waals surface area contributed by atoms with Gasteiger partial charge < -0.3 is 9.72 Å². The Labute approximate surface area is 145 Å². The zero-order valence-corrected chi connectivity index (χ0v) is 14.2. The molecule has 130 valence electrons. The first kappa shape index (κ1) is 16.0. The van der Waals surface area contributed by atoms with E-state index < -0.39 is 10.2 Å². The minimum atomic E-state index is -3.57. The molecule has 9 heteroatoms. The van der Waals surface area contributed by atoms with Crippen molar-refractivity contribution < 1.29 is 13.2 Å². The van der Waals surface area contributed by atoms with Crippen LogP contribution in [0.1, 0.15) is 0 Å². The Kier molecular flexibility index (Phi) is 4.12. The van der Waals surface area contributed by atoms with Gasteiger partial charge in [0.25, 0.3) is 0 Å². The highest BCUT2D eigenvalue weighted by molar-refractivity contribution is 7.90. The van der Waals surface area contributed by atoms with Crippen LogP contribution in [0, 0.1) is 0 Å². The van der Waals surface area contributed by atoms with Gasteiger partial charge in [0.15, 0.2) is 0 Å². The number of fused-ring (bicyclic) bond motifs is 1. The van der Waals surface area contributed by atoms with E-state index in [0.29, 0.717) is 32.0 Å². The van der Waals surface area contributed by atoms with E-state index in [1.54, 1.807) is 12.1 Å². The predicted octanol–water partition coefficient (Wildman–Crippen LogP) is 1.61. The van der Waals surface area contributed by atoms with Gasteiger partial charge in [0.05, 0.1) is 18.9 Å². The number of hydrogen-bond acceptors (Lipinski definition) is 5. The molecule has 1 saturated heterocycles. The van der Waals surface area contributed by atoms with Gasteiger partial charge in [-0.15, -0.1) is 0 Å². The molecule has 4 rings (SSSR count). The number of nitrogens with one attached hydrogen (secondary N) is 2. The topological polar surface area (TPSA) is 100 Å². The lowest BCUT2D eigenvalue weighted by Gasteiger charge is -2.26. The second-order valence-corrected chi connectivity index (χ2v) is 7.33. The quantitative estimate of drug-likeness (QED) is 0.737. The maximum absolute atomic E-state index is 12.4. The number of ether oxygens (including phenoxy) is 1. The van der Waals surface area contributed by atoms with Crippen LogP contribution in [-0.4, -0.2) is 54.0 Å². The highest BCUT2D eigenvalue weighted by atomic mass is 32.2. The summed E-state index contributed by atoms with van der Waals surface area (Å²) in [5, 5.41) is 0.921. The van der Waals surface area contributed by atoms with Gasteiger partial charge in [-0.3, -0.25) is 4.72 Å². The SMILES string of the molecule is O=S(=O)(Nc1ccc(-c2ncnc3[nH]ccc23)cc1)N1CCOCC1. The number of H-pyrrole nitrogens is 1. The summed E-state index contributed by atoms with van der Waals surface area (Å²) in [6.45, 7) is 1.56. The number of aromatic nitrogens is 3. The van der Waals surface area contributed by atoms with Crippen LogP contribution < -0.4 is 4.72 Å². The van der Waals surface area contributed by atoms with Crippen molar-refractivity contribution in [1.29, 1.82) is 0 Å². The summed E-state index contributed by atoms with van der Waals surface area (Å²) in [6.07, 6.45) is 3.32. The summed E-state index contributed by atoms with van der Waals surface area (Å²) in [5.41, 5.74) is 2.96. The van der Waals surface area contributed by atoms with Crippen LogP contribution in [0.25, 0.3) is 22.3 Å². The fourth-order valence-electron chi connectivity index (χ4n) is 2.80. The number of rotatable bonds is 4. The molecule has 0 saturated carbocycles. The number of benzene rings is 1. The summed E-state index contributed by atoms with van der Waals surface area (Å²) >= 11 is 0. The second kappa shape index (κ2) is 6.43. The van der Waals surface area contributed by atoms with E-state index in [1.807, 2.05) is 24.4 Å². The average molecular weight is 359 g/mol. The average Bonchev–Trinajstić information content (AvgIpc) is 3.12. The van der Waals surface area contributed by atoms with Crippen LogP contribution in [0.15, 0.2) is 42.9 Å². The third kappa shape index (κ3) is 3.21. The van der Waals surface area contributed by atoms with E-state index in [1.165, 1.54) is 10.6 Å². The summed E-state index contributed by atoms with van der Waals surface area (Å²) in [6, 6.07) is 9.06. The maximum atomic E-state index is 12.4. The number of anilines is 1. The normalized spacial score (nSPS) is 16.2. The van der Waals surface area contributed by atoms with Crippen LogP contribution in [0.5, 0.6) is 0 Å². The van der Waals surface area contributed by atoms with Crippen LogP contribution in [0.3, 0.4) is 0 Å². The van der Waals surface area contributed by atoms with Crippen molar-refractivity contribution in [2.45, 2.75) is 0 Å². The first-order chi connectivity index (χ1) is 12.1. The molecule has 1 aliphatic rings. The molecular weight excluding hydrogens is 342 g/mol. The summed E-state index contributed by atoms with van der Waals surface area (Å²) in [4.78, 5) is 11.6. The smallest absolute Gasteiger partial charge is 0.301 e. The number of morpholine rings is 1. The largest absolute Gasteiger partial charge is 0.379 e. The molecule has 0 bridgehead atoms. The summed E-state index contributed by atoms with van der Waals surface area (Å²) < 4.78 is 33.9. The van der Waals surface area contributed by atoms with Gasteiger partial charge in [0.1, 0.15) is 12.0 Å². The molecule has 0 amide bonds. The first-order valence-corrected chi connectivity index (χ1v) is 9.32. The number of hydrogen-bond donors (Lipinski definition) is 2. The van der Waals surface area contributed by atoms with Gasteiger partial charge in [-0.2, -0.15) is 12.7 Å². The molecule has 2 N–H and O–H groups in total. The molecule has 1 aliphatic heterocycles. The van der Waals surface area contributed by atoms with Gasteiger partial charge in [0.2, 0.25) is 0 Å². The van der Waals surface area contributed by atoms with E-state index in [0.717, 1.165) is 22.3 Å². The third-order valence-electron chi connectivity index (χ3n) is 4.07. The van der Waals surface area contributed by atoms with E-state index in [4.69, 9.17) is 4.74 Å². The van der Waals surface area contributed by atoms with E-state index >= 15 is 0 Å². The molecule has 0 atom stereocenters. The van der Waals surface area contributed by atoms with Crippen LogP contribution in [-0.2, 0) is 14.9 Å². The van der Waals surface area contributed by atoms with Crippen LogP contribution in [0.2, 0.25) is 0 Å². The monoisotopic (exact) mass is 359 g/mol. The molecule has 3 heterocycles. The van der Waals surface area contributed by atoms with Crippen molar-refractivity contribution in [3.8, 4) is 11.3 Å². The Morgan fingerprint density at radius 2 is 1.84 bits per heavy atom. The Morgan fingerprint density at radius 1 is 1.08 bits per heavy atom. The van der Waals surface area contributed by atoms with Crippen LogP contribution in [0.4, 0.5) is 5.69 Å². The molecule has 2 aromatic heterocycles. The van der Waals surface area contributed by atoms with Gasteiger partial charge in [-0.25, -0.2) is 9.97 Å². The molecule has 0 unspecified atom stereocenters.